The van der Waals surface area contributed by atoms with Crippen molar-refractivity contribution in [1.29, 1.82) is 0 Å². The second kappa shape index (κ2) is 5.51. The van der Waals surface area contributed by atoms with Crippen molar-refractivity contribution < 1.29 is 19.8 Å². The molecular formula is C11H11ClO4. The molecule has 0 saturated carbocycles. The number of carbonyl (C=O) groups is 2. The maximum Gasteiger partial charge on any atom is 0.503 e. The molecule has 0 atom stereocenters. The number of carbonyl (C=O) groups excluding carboxylic acids is 1. The summed E-state index contributed by atoms with van der Waals surface area (Å²) in [5, 5.41) is 14.5. The molecule has 5 heteroatoms. The second-order valence-electron chi connectivity index (χ2n) is 3.40. The van der Waals surface area contributed by atoms with Crippen molar-refractivity contribution >= 4 is 24.0 Å². The third-order valence-electron chi connectivity index (χ3n) is 2.34. The molecule has 1 aromatic rings. The summed E-state index contributed by atoms with van der Waals surface area (Å²) in [4.78, 5) is 19.1. The fourth-order valence-electron chi connectivity index (χ4n) is 1.70. The van der Waals surface area contributed by atoms with Gasteiger partial charge in [0, 0.05) is 5.56 Å². The fourth-order valence-corrected chi connectivity index (χ4v) is 1.93. The van der Waals surface area contributed by atoms with Crippen LogP contribution in [0.15, 0.2) is 12.1 Å². The van der Waals surface area contributed by atoms with Crippen molar-refractivity contribution in [2.24, 2.45) is 0 Å². The Kier molecular flexibility index (Phi) is 4.31. The van der Waals surface area contributed by atoms with Gasteiger partial charge < -0.3 is 10.2 Å². The van der Waals surface area contributed by atoms with E-state index in [4.69, 9.17) is 26.6 Å². The number of aryl methyl sites for hydroxylation is 2. The van der Waals surface area contributed by atoms with E-state index >= 15 is 0 Å². The van der Waals surface area contributed by atoms with E-state index in [-0.39, 0.29) is 0 Å². The minimum absolute atomic E-state index is 0.589. The smallest absolute Gasteiger partial charge is 0.450 e. The molecule has 0 radical (unpaired) electrons. The van der Waals surface area contributed by atoms with Gasteiger partial charge in [-0.2, -0.15) is 0 Å². The zero-order chi connectivity index (χ0) is 12.1. The molecule has 0 spiro atoms. The topological polar surface area (TPSA) is 74.6 Å². The molecule has 0 fully saturated rings. The largest absolute Gasteiger partial charge is 0.503 e. The number of hydrogen-bond donors (Lipinski definition) is 2. The van der Waals surface area contributed by atoms with Gasteiger partial charge >= 0.3 is 6.16 Å². The lowest BCUT2D eigenvalue weighted by Crippen LogP contribution is -1.88. The predicted molar refractivity (Wildman–Crippen MR) is 59.5 cm³/mol. The highest BCUT2D eigenvalue weighted by molar-refractivity contribution is 6.33. The van der Waals surface area contributed by atoms with Gasteiger partial charge in [-0.15, -0.1) is 0 Å². The second-order valence-corrected chi connectivity index (χ2v) is 3.80. The Hall–Kier alpha value is -1.55. The Bertz CT molecular complexity index is 411. The summed E-state index contributed by atoms with van der Waals surface area (Å²) < 4.78 is 0. The standard InChI is InChI=1S/C10H9ClO.CH2O3/c11-10-5-8-3-1-2-7(8)4-9(10)6-12;2-1(3)4/h4-6H,1-3H2;(H2,2,3,4). The molecule has 0 aromatic heterocycles. The van der Waals surface area contributed by atoms with Crippen LogP contribution in [0.25, 0.3) is 0 Å². The number of rotatable bonds is 1. The van der Waals surface area contributed by atoms with Crippen LogP contribution in [-0.2, 0) is 12.8 Å². The molecule has 0 saturated heterocycles. The number of hydrogen-bond acceptors (Lipinski definition) is 2. The first-order valence-electron chi connectivity index (χ1n) is 4.73. The van der Waals surface area contributed by atoms with Crippen LogP contribution >= 0.6 is 11.6 Å². The molecule has 1 aliphatic carbocycles. The molecule has 86 valence electrons. The molecule has 1 aromatic carbocycles. The Labute approximate surface area is 97.5 Å². The fraction of sp³-hybridized carbons (Fsp3) is 0.273. The van der Waals surface area contributed by atoms with Gasteiger partial charge in [0.05, 0.1) is 5.02 Å². The molecule has 0 bridgehead atoms. The Morgan fingerprint density at radius 3 is 2.25 bits per heavy atom. The van der Waals surface area contributed by atoms with Gasteiger partial charge in [-0.1, -0.05) is 11.6 Å². The summed E-state index contributed by atoms with van der Waals surface area (Å²) in [6.45, 7) is 0. The third-order valence-corrected chi connectivity index (χ3v) is 2.67. The van der Waals surface area contributed by atoms with Gasteiger partial charge in [0.25, 0.3) is 0 Å². The molecule has 0 heterocycles. The maximum atomic E-state index is 10.5. The quantitative estimate of drug-likeness (QED) is 0.743. The number of halogens is 1. The zero-order valence-electron chi connectivity index (χ0n) is 8.44. The molecule has 16 heavy (non-hydrogen) atoms. The van der Waals surface area contributed by atoms with Crippen LogP contribution in [0.1, 0.15) is 27.9 Å². The Balaban J connectivity index is 0.000000280. The van der Waals surface area contributed by atoms with Gasteiger partial charge in [-0.25, -0.2) is 4.79 Å². The van der Waals surface area contributed by atoms with Gasteiger partial charge in [-0.05, 0) is 42.5 Å². The molecule has 0 unspecified atom stereocenters. The molecule has 2 rings (SSSR count). The Morgan fingerprint density at radius 1 is 1.25 bits per heavy atom. The third kappa shape index (κ3) is 3.24. The highest BCUT2D eigenvalue weighted by Gasteiger charge is 2.13. The summed E-state index contributed by atoms with van der Waals surface area (Å²) in [6.07, 6.45) is 2.37. The van der Waals surface area contributed by atoms with E-state index in [1.165, 1.54) is 17.5 Å². The predicted octanol–water partition coefficient (Wildman–Crippen LogP) is 2.86. The van der Waals surface area contributed by atoms with Crippen molar-refractivity contribution in [3.05, 3.63) is 33.8 Å². The summed E-state index contributed by atoms with van der Waals surface area (Å²) >= 11 is 5.88. The van der Waals surface area contributed by atoms with Gasteiger partial charge in [0.2, 0.25) is 0 Å². The van der Waals surface area contributed by atoms with Gasteiger partial charge in [0.1, 0.15) is 0 Å². The summed E-state index contributed by atoms with van der Waals surface area (Å²) in [7, 11) is 0. The van der Waals surface area contributed by atoms with Crippen LogP contribution in [0.5, 0.6) is 0 Å². The molecule has 0 aliphatic heterocycles. The maximum absolute atomic E-state index is 10.5. The average molecular weight is 243 g/mol. The normalized spacial score (nSPS) is 12.3. The van der Waals surface area contributed by atoms with Crippen molar-refractivity contribution in [3.8, 4) is 0 Å². The van der Waals surface area contributed by atoms with Crippen LogP contribution in [-0.4, -0.2) is 22.7 Å². The van der Waals surface area contributed by atoms with Crippen LogP contribution in [0.4, 0.5) is 4.79 Å². The number of aldehydes is 1. The van der Waals surface area contributed by atoms with E-state index < -0.39 is 6.16 Å². The van der Waals surface area contributed by atoms with E-state index in [9.17, 15) is 4.79 Å². The molecule has 4 nitrogen and oxygen atoms in total. The van der Waals surface area contributed by atoms with Gasteiger partial charge in [0.15, 0.2) is 6.29 Å². The minimum atomic E-state index is -1.83. The Morgan fingerprint density at radius 2 is 1.75 bits per heavy atom. The lowest BCUT2D eigenvalue weighted by Gasteiger charge is -2.01. The van der Waals surface area contributed by atoms with Crippen LogP contribution in [0.2, 0.25) is 5.02 Å². The number of fused-ring (bicyclic) bond motifs is 1. The van der Waals surface area contributed by atoms with Crippen LogP contribution < -0.4 is 0 Å². The number of benzene rings is 1. The van der Waals surface area contributed by atoms with E-state index in [1.54, 1.807) is 0 Å². The first-order valence-corrected chi connectivity index (χ1v) is 5.10. The molecule has 0 amide bonds. The summed E-state index contributed by atoms with van der Waals surface area (Å²) in [6, 6.07) is 3.84. The van der Waals surface area contributed by atoms with Crippen molar-refractivity contribution in [1.82, 2.24) is 0 Å². The minimum Gasteiger partial charge on any atom is -0.450 e. The van der Waals surface area contributed by atoms with Crippen molar-refractivity contribution in [2.75, 3.05) is 0 Å². The molecule has 2 N–H and O–H groups in total. The van der Waals surface area contributed by atoms with Crippen LogP contribution in [0, 0.1) is 0 Å². The van der Waals surface area contributed by atoms with Crippen LogP contribution in [0.3, 0.4) is 0 Å². The summed E-state index contributed by atoms with van der Waals surface area (Å²) in [5.41, 5.74) is 3.23. The first kappa shape index (κ1) is 12.5. The van der Waals surface area contributed by atoms with Crippen molar-refractivity contribution in [3.63, 3.8) is 0 Å². The van der Waals surface area contributed by atoms with E-state index in [0.717, 1.165) is 19.1 Å². The SMILES string of the molecule is O=C(O)O.O=Cc1cc2c(cc1Cl)CCC2. The average Bonchev–Trinajstić information content (AvgIpc) is 2.62. The first-order chi connectivity index (χ1) is 7.54. The van der Waals surface area contributed by atoms with Gasteiger partial charge in [-0.3, -0.25) is 4.79 Å². The van der Waals surface area contributed by atoms with Crippen molar-refractivity contribution in [2.45, 2.75) is 19.3 Å². The lowest BCUT2D eigenvalue weighted by atomic mass is 10.1. The molecule has 1 aliphatic rings. The molecular weight excluding hydrogens is 232 g/mol. The highest BCUT2D eigenvalue weighted by atomic mass is 35.5. The zero-order valence-corrected chi connectivity index (χ0v) is 9.20. The van der Waals surface area contributed by atoms with E-state index in [0.29, 0.717) is 10.6 Å². The highest BCUT2D eigenvalue weighted by Crippen LogP contribution is 2.27. The van der Waals surface area contributed by atoms with E-state index in [2.05, 4.69) is 0 Å². The number of carboxylic acid groups (broad SMARTS) is 2. The lowest BCUT2D eigenvalue weighted by molar-refractivity contribution is 0.112. The monoisotopic (exact) mass is 242 g/mol. The van der Waals surface area contributed by atoms with E-state index in [1.807, 2.05) is 12.1 Å². The summed E-state index contributed by atoms with van der Waals surface area (Å²) in [5.74, 6) is 0.